The molecule has 0 radical (unpaired) electrons. The van der Waals surface area contributed by atoms with E-state index in [0.29, 0.717) is 30.3 Å². The van der Waals surface area contributed by atoms with Crippen LogP contribution in [0, 0.1) is 0 Å². The summed E-state index contributed by atoms with van der Waals surface area (Å²) in [5.74, 6) is -0.332. The summed E-state index contributed by atoms with van der Waals surface area (Å²) in [6, 6.07) is 17.6. The Morgan fingerprint density at radius 2 is 1.51 bits per heavy atom. The number of hydrogen-bond acceptors (Lipinski definition) is 5. The van der Waals surface area contributed by atoms with Crippen LogP contribution >= 0.6 is 0 Å². The van der Waals surface area contributed by atoms with E-state index in [1.165, 1.54) is 24.3 Å². The Labute approximate surface area is 200 Å². The molecule has 0 saturated heterocycles. The van der Waals surface area contributed by atoms with Gasteiger partial charge in [0.15, 0.2) is 0 Å². The van der Waals surface area contributed by atoms with Crippen LogP contribution in [0.2, 0.25) is 0 Å². The van der Waals surface area contributed by atoms with E-state index in [4.69, 9.17) is 9.47 Å². The SMILES string of the molecule is COCCOc1cccc(NCC(=O)Nc2cccc(C(=O)Nc3cccc(C(F)(F)F)c3)c2)c1. The van der Waals surface area contributed by atoms with Crippen molar-refractivity contribution in [2.45, 2.75) is 6.18 Å². The maximum atomic E-state index is 12.9. The zero-order chi connectivity index (χ0) is 25.3. The number of carbonyl (C=O) groups is 2. The summed E-state index contributed by atoms with van der Waals surface area (Å²) in [5.41, 5.74) is 0.372. The molecule has 0 spiro atoms. The first-order valence-corrected chi connectivity index (χ1v) is 10.6. The van der Waals surface area contributed by atoms with Gasteiger partial charge in [0.05, 0.1) is 18.7 Å². The minimum Gasteiger partial charge on any atom is -0.491 e. The van der Waals surface area contributed by atoms with Gasteiger partial charge in [0.1, 0.15) is 12.4 Å². The summed E-state index contributed by atoms with van der Waals surface area (Å²) < 4.78 is 49.1. The van der Waals surface area contributed by atoms with E-state index >= 15 is 0 Å². The van der Waals surface area contributed by atoms with Gasteiger partial charge in [0.25, 0.3) is 5.91 Å². The molecule has 0 bridgehead atoms. The zero-order valence-electron chi connectivity index (χ0n) is 18.8. The number of carbonyl (C=O) groups excluding carboxylic acids is 2. The van der Waals surface area contributed by atoms with Gasteiger partial charge in [-0.15, -0.1) is 0 Å². The predicted molar refractivity (Wildman–Crippen MR) is 127 cm³/mol. The summed E-state index contributed by atoms with van der Waals surface area (Å²) in [4.78, 5) is 24.9. The summed E-state index contributed by atoms with van der Waals surface area (Å²) in [7, 11) is 1.58. The number of hydrogen-bond donors (Lipinski definition) is 3. The highest BCUT2D eigenvalue weighted by Crippen LogP contribution is 2.30. The van der Waals surface area contributed by atoms with Crippen LogP contribution in [0.25, 0.3) is 0 Å². The van der Waals surface area contributed by atoms with Gasteiger partial charge in [0, 0.05) is 35.8 Å². The Morgan fingerprint density at radius 1 is 0.829 bits per heavy atom. The van der Waals surface area contributed by atoms with Crippen molar-refractivity contribution >= 4 is 28.9 Å². The average molecular weight is 487 g/mol. The Hall–Kier alpha value is -4.05. The van der Waals surface area contributed by atoms with E-state index in [0.717, 1.165) is 12.1 Å². The summed E-state index contributed by atoms with van der Waals surface area (Å²) in [6.07, 6.45) is -4.52. The second-order valence-electron chi connectivity index (χ2n) is 7.38. The molecule has 0 fully saturated rings. The van der Waals surface area contributed by atoms with Crippen molar-refractivity contribution in [1.82, 2.24) is 0 Å². The van der Waals surface area contributed by atoms with Gasteiger partial charge in [-0.1, -0.05) is 18.2 Å². The highest BCUT2D eigenvalue weighted by molar-refractivity contribution is 6.05. The first kappa shape index (κ1) is 25.6. The van der Waals surface area contributed by atoms with Crippen LogP contribution in [0.4, 0.5) is 30.2 Å². The molecule has 3 aromatic carbocycles. The van der Waals surface area contributed by atoms with E-state index in [1.54, 1.807) is 43.5 Å². The van der Waals surface area contributed by atoms with Crippen LogP contribution in [-0.2, 0) is 15.7 Å². The van der Waals surface area contributed by atoms with E-state index in [2.05, 4.69) is 16.0 Å². The van der Waals surface area contributed by atoms with Gasteiger partial charge in [-0.05, 0) is 48.5 Å². The van der Waals surface area contributed by atoms with Crippen LogP contribution in [0.1, 0.15) is 15.9 Å². The number of nitrogens with one attached hydrogen (secondary N) is 3. The molecule has 0 aliphatic rings. The van der Waals surface area contributed by atoms with Gasteiger partial charge in [-0.25, -0.2) is 0 Å². The number of benzene rings is 3. The monoisotopic (exact) mass is 487 g/mol. The van der Waals surface area contributed by atoms with Crippen molar-refractivity contribution in [3.63, 3.8) is 0 Å². The van der Waals surface area contributed by atoms with Gasteiger partial charge in [0.2, 0.25) is 5.91 Å². The van der Waals surface area contributed by atoms with Gasteiger partial charge < -0.3 is 25.4 Å². The standard InChI is InChI=1S/C25H24F3N3O4/c1-34-11-12-35-22-10-4-7-19(15-22)29-16-23(32)30-20-8-2-5-17(13-20)24(33)31-21-9-3-6-18(14-21)25(26,27)28/h2-10,13-15,29H,11-12,16H2,1H3,(H,30,32)(H,31,33). The van der Waals surface area contributed by atoms with Crippen LogP contribution in [0.5, 0.6) is 5.75 Å². The van der Waals surface area contributed by atoms with Crippen LogP contribution < -0.4 is 20.7 Å². The normalized spacial score (nSPS) is 11.0. The molecule has 184 valence electrons. The molecule has 3 rings (SSSR count). The smallest absolute Gasteiger partial charge is 0.416 e. The van der Waals surface area contributed by atoms with Crippen molar-refractivity contribution in [1.29, 1.82) is 0 Å². The van der Waals surface area contributed by atoms with Crippen molar-refractivity contribution < 1.29 is 32.2 Å². The molecule has 0 saturated carbocycles. The quantitative estimate of drug-likeness (QED) is 0.349. The summed E-state index contributed by atoms with van der Waals surface area (Å²) in [6.45, 7) is 0.817. The molecule has 2 amide bonds. The van der Waals surface area contributed by atoms with Crippen LogP contribution in [0.15, 0.2) is 72.8 Å². The molecule has 0 heterocycles. The van der Waals surface area contributed by atoms with Crippen molar-refractivity contribution in [3.05, 3.63) is 83.9 Å². The zero-order valence-corrected chi connectivity index (χ0v) is 18.8. The highest BCUT2D eigenvalue weighted by Gasteiger charge is 2.30. The second-order valence-corrected chi connectivity index (χ2v) is 7.38. The lowest BCUT2D eigenvalue weighted by Crippen LogP contribution is -2.22. The molecule has 0 aliphatic carbocycles. The molecule has 10 heteroatoms. The fourth-order valence-corrected chi connectivity index (χ4v) is 3.04. The molecule has 35 heavy (non-hydrogen) atoms. The Kier molecular flexibility index (Phi) is 8.69. The highest BCUT2D eigenvalue weighted by atomic mass is 19.4. The molecule has 0 aromatic heterocycles. The molecule has 7 nitrogen and oxygen atoms in total. The topological polar surface area (TPSA) is 88.7 Å². The van der Waals surface area contributed by atoms with Crippen LogP contribution in [-0.4, -0.2) is 38.7 Å². The lowest BCUT2D eigenvalue weighted by Gasteiger charge is -2.12. The number of ether oxygens (including phenoxy) is 2. The van der Waals surface area contributed by atoms with E-state index in [1.807, 2.05) is 0 Å². The molecule has 3 aromatic rings. The lowest BCUT2D eigenvalue weighted by atomic mass is 10.1. The number of rotatable bonds is 10. The molecule has 0 unspecified atom stereocenters. The lowest BCUT2D eigenvalue weighted by molar-refractivity contribution is -0.137. The minimum absolute atomic E-state index is 0.0110. The third-order valence-electron chi connectivity index (χ3n) is 4.70. The predicted octanol–water partition coefficient (Wildman–Crippen LogP) is 5.03. The van der Waals surface area contributed by atoms with Crippen molar-refractivity contribution in [2.75, 3.05) is 42.8 Å². The molecule has 0 atom stereocenters. The van der Waals surface area contributed by atoms with E-state index < -0.39 is 17.6 Å². The molecule has 0 aliphatic heterocycles. The minimum atomic E-state index is -4.52. The van der Waals surface area contributed by atoms with Crippen molar-refractivity contribution in [3.8, 4) is 5.75 Å². The van der Waals surface area contributed by atoms with Gasteiger partial charge in [-0.2, -0.15) is 13.2 Å². The first-order chi connectivity index (χ1) is 16.7. The maximum absolute atomic E-state index is 12.9. The fourth-order valence-electron chi connectivity index (χ4n) is 3.04. The Bertz CT molecular complexity index is 1170. The number of methoxy groups -OCH3 is 1. The molecular weight excluding hydrogens is 463 g/mol. The maximum Gasteiger partial charge on any atom is 0.416 e. The fraction of sp³-hybridized carbons (Fsp3) is 0.200. The first-order valence-electron chi connectivity index (χ1n) is 10.6. The third kappa shape index (κ3) is 8.04. The average Bonchev–Trinajstić information content (AvgIpc) is 2.83. The van der Waals surface area contributed by atoms with Crippen molar-refractivity contribution in [2.24, 2.45) is 0 Å². The van der Waals surface area contributed by atoms with E-state index in [9.17, 15) is 22.8 Å². The number of alkyl halides is 3. The van der Waals surface area contributed by atoms with Crippen LogP contribution in [0.3, 0.4) is 0 Å². The largest absolute Gasteiger partial charge is 0.491 e. The summed E-state index contributed by atoms with van der Waals surface area (Å²) >= 11 is 0. The van der Waals surface area contributed by atoms with Gasteiger partial charge >= 0.3 is 6.18 Å². The second kappa shape index (κ2) is 11.9. The molecule has 3 N–H and O–H groups in total. The number of halogens is 3. The molecular formula is C25H24F3N3O4. The Balaban J connectivity index is 1.56. The Morgan fingerprint density at radius 3 is 2.26 bits per heavy atom. The third-order valence-corrected chi connectivity index (χ3v) is 4.70. The number of anilines is 3. The van der Waals surface area contributed by atoms with E-state index in [-0.39, 0.29) is 23.7 Å². The summed E-state index contributed by atoms with van der Waals surface area (Å²) in [5, 5.41) is 8.11. The van der Waals surface area contributed by atoms with Gasteiger partial charge in [-0.3, -0.25) is 9.59 Å². The number of amides is 2.